The molecule has 2 unspecified atom stereocenters. The van der Waals surface area contributed by atoms with Gasteiger partial charge in [0, 0.05) is 31.4 Å². The molecule has 1 aromatic heterocycles. The number of nitrogens with two attached hydrogens (primary N) is 1. The number of carbonyl (C=O) groups excluding carboxylic acids is 1. The van der Waals surface area contributed by atoms with Crippen molar-refractivity contribution in [3.8, 4) is 0 Å². The zero-order chi connectivity index (χ0) is 13.1. The highest BCUT2D eigenvalue weighted by molar-refractivity contribution is 5.79. The van der Waals surface area contributed by atoms with E-state index in [1.54, 1.807) is 4.68 Å². The van der Waals surface area contributed by atoms with Crippen molar-refractivity contribution in [3.63, 3.8) is 0 Å². The SMILES string of the molecule is Cc1nn(C)cc1CNC(=O)C1CCCCC1N. The molecule has 1 aliphatic rings. The zero-order valence-electron chi connectivity index (χ0n) is 11.1. The summed E-state index contributed by atoms with van der Waals surface area (Å²) in [7, 11) is 1.88. The first-order chi connectivity index (χ1) is 8.58. The van der Waals surface area contributed by atoms with Crippen LogP contribution in [0.25, 0.3) is 0 Å². The first kappa shape index (κ1) is 13.1. The molecular weight excluding hydrogens is 228 g/mol. The molecule has 0 aliphatic heterocycles. The molecule has 1 saturated carbocycles. The highest BCUT2D eigenvalue weighted by atomic mass is 16.1. The minimum Gasteiger partial charge on any atom is -0.352 e. The number of amides is 1. The van der Waals surface area contributed by atoms with Gasteiger partial charge in [-0.1, -0.05) is 12.8 Å². The van der Waals surface area contributed by atoms with Gasteiger partial charge in [-0.05, 0) is 19.8 Å². The quantitative estimate of drug-likeness (QED) is 0.835. The molecule has 1 fully saturated rings. The van der Waals surface area contributed by atoms with Crippen molar-refractivity contribution in [1.82, 2.24) is 15.1 Å². The minimum absolute atomic E-state index is 0.0178. The largest absolute Gasteiger partial charge is 0.352 e. The molecule has 2 rings (SSSR count). The van der Waals surface area contributed by atoms with Crippen molar-refractivity contribution in [2.45, 2.75) is 45.2 Å². The van der Waals surface area contributed by atoms with Crippen LogP contribution in [0.1, 0.15) is 36.9 Å². The van der Waals surface area contributed by atoms with Gasteiger partial charge >= 0.3 is 0 Å². The second-order valence-corrected chi connectivity index (χ2v) is 5.19. The van der Waals surface area contributed by atoms with E-state index in [9.17, 15) is 4.79 Å². The third-order valence-corrected chi connectivity index (χ3v) is 3.72. The van der Waals surface area contributed by atoms with Crippen molar-refractivity contribution < 1.29 is 4.79 Å². The minimum atomic E-state index is -0.0178. The van der Waals surface area contributed by atoms with Gasteiger partial charge in [0.1, 0.15) is 0 Å². The Kier molecular flexibility index (Phi) is 4.01. The van der Waals surface area contributed by atoms with E-state index in [1.165, 1.54) is 0 Å². The second kappa shape index (κ2) is 5.52. The summed E-state index contributed by atoms with van der Waals surface area (Å²) in [5, 5.41) is 7.24. The number of nitrogens with one attached hydrogen (secondary N) is 1. The molecule has 0 spiro atoms. The molecule has 5 heteroatoms. The average Bonchev–Trinajstić information content (AvgIpc) is 2.65. The van der Waals surface area contributed by atoms with Crippen LogP contribution in [0.15, 0.2) is 6.20 Å². The Labute approximate surface area is 108 Å². The lowest BCUT2D eigenvalue weighted by Crippen LogP contribution is -2.43. The van der Waals surface area contributed by atoms with Gasteiger partial charge in [-0.3, -0.25) is 9.48 Å². The van der Waals surface area contributed by atoms with Gasteiger partial charge < -0.3 is 11.1 Å². The Hall–Kier alpha value is -1.36. The van der Waals surface area contributed by atoms with Gasteiger partial charge in [-0.25, -0.2) is 0 Å². The molecule has 0 radical (unpaired) electrons. The van der Waals surface area contributed by atoms with Crippen LogP contribution in [0.2, 0.25) is 0 Å². The van der Waals surface area contributed by atoms with E-state index in [4.69, 9.17) is 5.73 Å². The number of hydrogen-bond acceptors (Lipinski definition) is 3. The third kappa shape index (κ3) is 2.90. The number of carbonyl (C=O) groups is 1. The first-order valence-electron chi connectivity index (χ1n) is 6.60. The summed E-state index contributed by atoms with van der Waals surface area (Å²) < 4.78 is 1.77. The summed E-state index contributed by atoms with van der Waals surface area (Å²) in [6.07, 6.45) is 6.07. The van der Waals surface area contributed by atoms with Crippen molar-refractivity contribution >= 4 is 5.91 Å². The maximum Gasteiger partial charge on any atom is 0.224 e. The molecule has 18 heavy (non-hydrogen) atoms. The summed E-state index contributed by atoms with van der Waals surface area (Å²) >= 11 is 0. The topological polar surface area (TPSA) is 72.9 Å². The van der Waals surface area contributed by atoms with E-state index in [2.05, 4.69) is 10.4 Å². The molecule has 2 atom stereocenters. The Morgan fingerprint density at radius 2 is 2.28 bits per heavy atom. The highest BCUT2D eigenvalue weighted by Crippen LogP contribution is 2.23. The molecule has 100 valence electrons. The number of aromatic nitrogens is 2. The van der Waals surface area contributed by atoms with Crippen LogP contribution in [0.3, 0.4) is 0 Å². The maximum atomic E-state index is 12.1. The fourth-order valence-electron chi connectivity index (χ4n) is 2.62. The molecular formula is C13H22N4O. The molecule has 0 aromatic carbocycles. The van der Waals surface area contributed by atoms with Crippen molar-refractivity contribution in [2.24, 2.45) is 18.7 Å². The van der Waals surface area contributed by atoms with E-state index < -0.39 is 0 Å². The predicted octanol–water partition coefficient (Wildman–Crippen LogP) is 0.862. The van der Waals surface area contributed by atoms with Crippen molar-refractivity contribution in [2.75, 3.05) is 0 Å². The van der Waals surface area contributed by atoms with Crippen molar-refractivity contribution in [1.29, 1.82) is 0 Å². The Bertz CT molecular complexity index is 427. The summed E-state index contributed by atoms with van der Waals surface area (Å²) in [6, 6.07) is 0.0220. The highest BCUT2D eigenvalue weighted by Gasteiger charge is 2.27. The fourth-order valence-corrected chi connectivity index (χ4v) is 2.62. The second-order valence-electron chi connectivity index (χ2n) is 5.19. The summed E-state index contributed by atoms with van der Waals surface area (Å²) in [6.45, 7) is 2.50. The monoisotopic (exact) mass is 250 g/mol. The van der Waals surface area contributed by atoms with Crippen LogP contribution in [0.5, 0.6) is 0 Å². The van der Waals surface area contributed by atoms with Gasteiger partial charge in [-0.15, -0.1) is 0 Å². The lowest BCUT2D eigenvalue weighted by atomic mass is 9.84. The predicted molar refractivity (Wildman–Crippen MR) is 69.7 cm³/mol. The van der Waals surface area contributed by atoms with E-state index in [-0.39, 0.29) is 17.9 Å². The standard InChI is InChI=1S/C13H22N4O/c1-9-10(8-17(2)16-9)7-15-13(18)11-5-3-4-6-12(11)14/h8,11-12H,3-7,14H2,1-2H3,(H,15,18). The molecule has 1 heterocycles. The van der Waals surface area contributed by atoms with E-state index in [0.717, 1.165) is 36.9 Å². The fraction of sp³-hybridized carbons (Fsp3) is 0.692. The Balaban J connectivity index is 1.89. The summed E-state index contributed by atoms with van der Waals surface area (Å²) in [5.74, 6) is 0.0705. The van der Waals surface area contributed by atoms with E-state index in [1.807, 2.05) is 20.2 Å². The van der Waals surface area contributed by atoms with Gasteiger partial charge in [0.2, 0.25) is 5.91 Å². The molecule has 0 bridgehead atoms. The van der Waals surface area contributed by atoms with Gasteiger partial charge in [-0.2, -0.15) is 5.10 Å². The lowest BCUT2D eigenvalue weighted by Gasteiger charge is -2.27. The van der Waals surface area contributed by atoms with Crippen molar-refractivity contribution in [3.05, 3.63) is 17.5 Å². The molecule has 1 aliphatic carbocycles. The number of rotatable bonds is 3. The molecule has 1 aromatic rings. The van der Waals surface area contributed by atoms with Gasteiger partial charge in [0.25, 0.3) is 0 Å². The molecule has 0 saturated heterocycles. The average molecular weight is 250 g/mol. The van der Waals surface area contributed by atoms with Crippen LogP contribution >= 0.6 is 0 Å². The lowest BCUT2D eigenvalue weighted by molar-refractivity contribution is -0.126. The van der Waals surface area contributed by atoms with Crippen LogP contribution in [0, 0.1) is 12.8 Å². The van der Waals surface area contributed by atoms with Crippen LogP contribution < -0.4 is 11.1 Å². The number of aryl methyl sites for hydroxylation is 2. The third-order valence-electron chi connectivity index (χ3n) is 3.72. The summed E-state index contributed by atoms with van der Waals surface area (Å²) in [5.41, 5.74) is 8.03. The summed E-state index contributed by atoms with van der Waals surface area (Å²) in [4.78, 5) is 12.1. The van der Waals surface area contributed by atoms with Crippen LogP contribution in [-0.2, 0) is 18.4 Å². The van der Waals surface area contributed by atoms with Crippen LogP contribution in [-0.4, -0.2) is 21.7 Å². The zero-order valence-corrected chi connectivity index (χ0v) is 11.1. The molecule has 1 amide bonds. The van der Waals surface area contributed by atoms with E-state index in [0.29, 0.717) is 6.54 Å². The smallest absolute Gasteiger partial charge is 0.224 e. The Morgan fingerprint density at radius 3 is 2.89 bits per heavy atom. The Morgan fingerprint density at radius 1 is 1.56 bits per heavy atom. The normalized spacial score (nSPS) is 23.9. The van der Waals surface area contributed by atoms with Gasteiger partial charge in [0.05, 0.1) is 11.6 Å². The van der Waals surface area contributed by atoms with Crippen LogP contribution in [0.4, 0.5) is 0 Å². The first-order valence-corrected chi connectivity index (χ1v) is 6.60. The van der Waals surface area contributed by atoms with E-state index >= 15 is 0 Å². The maximum absolute atomic E-state index is 12.1. The number of nitrogens with zero attached hydrogens (tertiary/aromatic N) is 2. The number of hydrogen-bond donors (Lipinski definition) is 2. The molecule has 5 nitrogen and oxygen atoms in total. The van der Waals surface area contributed by atoms with Gasteiger partial charge in [0.15, 0.2) is 0 Å². The molecule has 3 N–H and O–H groups in total.